The van der Waals surface area contributed by atoms with Crippen molar-refractivity contribution in [1.82, 2.24) is 0 Å². The molecular weight excluding hydrogens is 268 g/mol. The molecule has 0 saturated carbocycles. The normalized spacial score (nSPS) is 12.2. The van der Waals surface area contributed by atoms with Gasteiger partial charge in [-0.3, -0.25) is 4.79 Å². The van der Waals surface area contributed by atoms with Crippen LogP contribution in [0.15, 0.2) is 12.1 Å². The van der Waals surface area contributed by atoms with Crippen LogP contribution >= 0.6 is 11.6 Å². The summed E-state index contributed by atoms with van der Waals surface area (Å²) in [5.74, 6) is -3.65. The molecule has 7 heteroatoms. The molecule has 1 aromatic rings. The molecule has 0 aromatic heterocycles. The number of nitrogens with one attached hydrogen (secondary N) is 1. The molecule has 0 saturated heterocycles. The summed E-state index contributed by atoms with van der Waals surface area (Å²) in [5.41, 5.74) is -0.380. The van der Waals surface area contributed by atoms with E-state index in [2.05, 4.69) is 5.32 Å². The Morgan fingerprint density at radius 2 is 2.06 bits per heavy atom. The maximum atomic E-state index is 13.5. The van der Waals surface area contributed by atoms with Gasteiger partial charge in [-0.15, -0.1) is 11.6 Å². The number of rotatable bonds is 6. The Labute approximate surface area is 107 Å². The lowest BCUT2D eigenvalue weighted by atomic mass is 10.1. The fraction of sp³-hybridized carbons (Fsp3) is 0.364. The zero-order chi connectivity index (χ0) is 13.7. The number of aliphatic hydroxyl groups excluding tert-OH is 1. The minimum atomic E-state index is -1.24. The van der Waals surface area contributed by atoms with Crippen molar-refractivity contribution in [2.45, 2.75) is 12.5 Å². The number of carboxylic acids is 1. The van der Waals surface area contributed by atoms with Crippen LogP contribution in [-0.4, -0.2) is 34.7 Å². The van der Waals surface area contributed by atoms with Crippen molar-refractivity contribution in [3.05, 3.63) is 29.3 Å². The molecule has 1 atom stereocenters. The third-order valence-corrected chi connectivity index (χ3v) is 2.57. The number of alkyl halides is 1. The second-order valence-corrected chi connectivity index (χ2v) is 3.97. The highest BCUT2D eigenvalue weighted by Gasteiger charge is 2.15. The van der Waals surface area contributed by atoms with Gasteiger partial charge in [-0.2, -0.15) is 0 Å². The van der Waals surface area contributed by atoms with Crippen molar-refractivity contribution in [1.29, 1.82) is 0 Å². The van der Waals surface area contributed by atoms with E-state index in [0.29, 0.717) is 0 Å². The van der Waals surface area contributed by atoms with Crippen LogP contribution in [0.3, 0.4) is 0 Å². The Hall–Kier alpha value is -1.40. The number of benzene rings is 1. The Morgan fingerprint density at radius 1 is 1.39 bits per heavy atom. The summed E-state index contributed by atoms with van der Waals surface area (Å²) < 4.78 is 27.0. The second-order valence-electron chi connectivity index (χ2n) is 3.66. The quantitative estimate of drug-likeness (QED) is 0.692. The number of aliphatic hydroxyl groups is 1. The average Bonchev–Trinajstić information content (AvgIpc) is 2.33. The number of carboxylic acid groups (broad SMARTS) is 1. The topological polar surface area (TPSA) is 69.6 Å². The van der Waals surface area contributed by atoms with E-state index in [4.69, 9.17) is 21.8 Å². The fourth-order valence-electron chi connectivity index (χ4n) is 1.31. The first-order chi connectivity index (χ1) is 8.45. The smallest absolute Gasteiger partial charge is 0.307 e. The van der Waals surface area contributed by atoms with Crippen molar-refractivity contribution in [2.75, 3.05) is 17.7 Å². The van der Waals surface area contributed by atoms with Gasteiger partial charge in [0.2, 0.25) is 0 Å². The second kappa shape index (κ2) is 6.51. The molecule has 1 unspecified atom stereocenters. The van der Waals surface area contributed by atoms with Crippen LogP contribution in [-0.2, 0) is 11.2 Å². The highest BCUT2D eigenvalue weighted by atomic mass is 35.5. The number of halogens is 3. The summed E-state index contributed by atoms with van der Waals surface area (Å²) in [6, 6.07) is 2.40. The van der Waals surface area contributed by atoms with E-state index in [1.165, 1.54) is 12.1 Å². The molecule has 1 rings (SSSR count). The molecule has 3 N–H and O–H groups in total. The van der Waals surface area contributed by atoms with Crippen LogP contribution in [0.25, 0.3) is 0 Å². The van der Waals surface area contributed by atoms with E-state index in [1.54, 1.807) is 0 Å². The maximum absolute atomic E-state index is 13.5. The molecule has 4 nitrogen and oxygen atoms in total. The molecule has 100 valence electrons. The molecule has 0 aliphatic carbocycles. The van der Waals surface area contributed by atoms with Crippen LogP contribution in [0.2, 0.25) is 0 Å². The van der Waals surface area contributed by atoms with Crippen LogP contribution in [0.1, 0.15) is 5.56 Å². The monoisotopic (exact) mass is 279 g/mol. The molecule has 0 aliphatic heterocycles. The molecule has 0 fully saturated rings. The van der Waals surface area contributed by atoms with Crippen molar-refractivity contribution in [2.24, 2.45) is 0 Å². The average molecular weight is 280 g/mol. The number of anilines is 1. The Bertz CT molecular complexity index is 443. The Kier molecular flexibility index (Phi) is 5.30. The van der Waals surface area contributed by atoms with E-state index in [9.17, 15) is 13.6 Å². The standard InChI is InChI=1S/C11H12ClF2NO3/c12-4-7(16)5-15-8-2-1-6(3-9(17)18)10(13)11(8)14/h1-2,7,15-16H,3-5H2,(H,17,18). The third kappa shape index (κ3) is 3.82. The Morgan fingerprint density at radius 3 is 2.61 bits per heavy atom. The summed E-state index contributed by atoms with van der Waals surface area (Å²) in [7, 11) is 0. The van der Waals surface area contributed by atoms with Gasteiger partial charge in [-0.1, -0.05) is 6.07 Å². The predicted molar refractivity (Wildman–Crippen MR) is 62.9 cm³/mol. The highest BCUT2D eigenvalue weighted by Crippen LogP contribution is 2.21. The summed E-state index contributed by atoms with van der Waals surface area (Å²) in [4.78, 5) is 10.4. The first-order valence-electron chi connectivity index (χ1n) is 5.12. The van der Waals surface area contributed by atoms with Crippen LogP contribution < -0.4 is 5.32 Å². The van der Waals surface area contributed by atoms with Gasteiger partial charge < -0.3 is 15.5 Å². The molecule has 0 bridgehead atoms. The van der Waals surface area contributed by atoms with Gasteiger partial charge in [0.05, 0.1) is 24.1 Å². The van der Waals surface area contributed by atoms with Gasteiger partial charge in [-0.05, 0) is 6.07 Å². The zero-order valence-corrected chi connectivity index (χ0v) is 10.0. The number of aliphatic carboxylic acids is 1. The van der Waals surface area contributed by atoms with Crippen molar-refractivity contribution >= 4 is 23.3 Å². The summed E-state index contributed by atoms with van der Waals surface area (Å²) in [6.45, 7) is -0.0296. The first kappa shape index (κ1) is 14.7. The lowest BCUT2D eigenvalue weighted by molar-refractivity contribution is -0.136. The zero-order valence-electron chi connectivity index (χ0n) is 9.29. The molecular formula is C11H12ClF2NO3. The van der Waals surface area contributed by atoms with Crippen LogP contribution in [0.5, 0.6) is 0 Å². The molecule has 0 amide bonds. The predicted octanol–water partition coefficient (Wildman–Crippen LogP) is 1.60. The lowest BCUT2D eigenvalue weighted by Crippen LogP contribution is -2.21. The molecule has 0 spiro atoms. The molecule has 0 radical (unpaired) electrons. The highest BCUT2D eigenvalue weighted by molar-refractivity contribution is 6.18. The van der Waals surface area contributed by atoms with Gasteiger partial charge in [0.25, 0.3) is 0 Å². The van der Waals surface area contributed by atoms with Gasteiger partial charge in [0.1, 0.15) is 0 Å². The van der Waals surface area contributed by atoms with Crippen molar-refractivity contribution < 1.29 is 23.8 Å². The van der Waals surface area contributed by atoms with Gasteiger partial charge in [-0.25, -0.2) is 8.78 Å². The van der Waals surface area contributed by atoms with E-state index in [1.807, 2.05) is 0 Å². The molecule has 0 heterocycles. The molecule has 0 aliphatic rings. The van der Waals surface area contributed by atoms with Crippen LogP contribution in [0, 0.1) is 11.6 Å². The first-order valence-corrected chi connectivity index (χ1v) is 5.65. The molecule has 1 aromatic carbocycles. The van der Waals surface area contributed by atoms with Gasteiger partial charge >= 0.3 is 5.97 Å². The largest absolute Gasteiger partial charge is 0.481 e. The van der Waals surface area contributed by atoms with Crippen molar-refractivity contribution in [3.8, 4) is 0 Å². The van der Waals surface area contributed by atoms with E-state index in [0.717, 1.165) is 0 Å². The number of hydrogen-bond donors (Lipinski definition) is 3. The van der Waals surface area contributed by atoms with Gasteiger partial charge in [0, 0.05) is 12.1 Å². The SMILES string of the molecule is O=C(O)Cc1ccc(NCC(O)CCl)c(F)c1F. The maximum Gasteiger partial charge on any atom is 0.307 e. The minimum absolute atomic E-state index is 0.0296. The summed E-state index contributed by atoms with van der Waals surface area (Å²) >= 11 is 5.35. The number of hydrogen-bond acceptors (Lipinski definition) is 3. The minimum Gasteiger partial charge on any atom is -0.481 e. The van der Waals surface area contributed by atoms with Gasteiger partial charge in [0.15, 0.2) is 11.6 Å². The summed E-state index contributed by atoms with van der Waals surface area (Å²) in [6.07, 6.45) is -1.47. The lowest BCUT2D eigenvalue weighted by Gasteiger charge is -2.12. The number of carbonyl (C=O) groups is 1. The van der Waals surface area contributed by atoms with E-state index in [-0.39, 0.29) is 23.7 Å². The Balaban J connectivity index is 2.83. The van der Waals surface area contributed by atoms with Crippen LogP contribution in [0.4, 0.5) is 14.5 Å². The third-order valence-electron chi connectivity index (χ3n) is 2.21. The van der Waals surface area contributed by atoms with E-state index < -0.39 is 30.1 Å². The van der Waals surface area contributed by atoms with E-state index >= 15 is 0 Å². The molecule has 18 heavy (non-hydrogen) atoms. The van der Waals surface area contributed by atoms with Crippen molar-refractivity contribution in [3.63, 3.8) is 0 Å². The summed E-state index contributed by atoms with van der Waals surface area (Å²) in [5, 5.41) is 20.2. The fourth-order valence-corrected chi connectivity index (χ4v) is 1.42.